The van der Waals surface area contributed by atoms with E-state index in [0.29, 0.717) is 12.0 Å². The number of hydrogen-bond acceptors (Lipinski definition) is 4. The Morgan fingerprint density at radius 1 is 1.33 bits per heavy atom. The van der Waals surface area contributed by atoms with E-state index in [2.05, 4.69) is 5.32 Å². The molecule has 0 saturated carbocycles. The van der Waals surface area contributed by atoms with Crippen LogP contribution in [0.4, 0.5) is 0 Å². The molecule has 2 aromatic rings. The fourth-order valence-corrected chi connectivity index (χ4v) is 4.38. The number of aryl methyl sites for hydroxylation is 2. The van der Waals surface area contributed by atoms with E-state index in [1.165, 1.54) is 0 Å². The van der Waals surface area contributed by atoms with Gasteiger partial charge in [0, 0.05) is 17.0 Å². The molecule has 1 fully saturated rings. The third-order valence-corrected chi connectivity index (χ3v) is 5.63. The molecule has 0 aliphatic carbocycles. The molecule has 1 aliphatic rings. The molecule has 0 unspecified atom stereocenters. The lowest BCUT2D eigenvalue weighted by molar-refractivity contribution is 0.0914. The molecule has 1 atom stereocenters. The van der Waals surface area contributed by atoms with Gasteiger partial charge < -0.3 is 9.73 Å². The number of carbonyl (C=O) groups excluding carboxylic acids is 1. The highest BCUT2D eigenvalue weighted by Gasteiger charge is 2.30. The molecule has 1 N–H and O–H groups in total. The van der Waals surface area contributed by atoms with Crippen molar-refractivity contribution >= 4 is 26.7 Å². The first kappa shape index (κ1) is 14.1. The minimum absolute atomic E-state index is 0.0110. The van der Waals surface area contributed by atoms with Crippen LogP contribution in [0, 0.1) is 13.8 Å². The number of amides is 1. The summed E-state index contributed by atoms with van der Waals surface area (Å²) >= 11 is 0. The molecule has 1 aromatic carbocycles. The van der Waals surface area contributed by atoms with E-state index in [0.717, 1.165) is 16.5 Å². The molecule has 112 valence electrons. The lowest BCUT2D eigenvalue weighted by Gasteiger charge is -2.09. The number of hydrogen-bond donors (Lipinski definition) is 1. The Morgan fingerprint density at radius 2 is 2.10 bits per heavy atom. The van der Waals surface area contributed by atoms with Gasteiger partial charge in [0.15, 0.2) is 15.6 Å². The standard InChI is InChI=1S/C15H17NO4S/c1-9-3-4-13-12(7-9)10(2)14(20-13)15(17)16-11-5-6-21(18,19)8-11/h3-4,7,11H,5-6,8H2,1-2H3,(H,16,17)/t11-/m0/s1. The Hall–Kier alpha value is -1.82. The van der Waals surface area contributed by atoms with Crippen LogP contribution in [0.3, 0.4) is 0 Å². The molecule has 1 aliphatic heterocycles. The summed E-state index contributed by atoms with van der Waals surface area (Å²) in [5, 5.41) is 3.67. The van der Waals surface area contributed by atoms with Crippen molar-refractivity contribution in [1.82, 2.24) is 5.32 Å². The molecule has 0 bridgehead atoms. The van der Waals surface area contributed by atoms with Crippen LogP contribution in [0.15, 0.2) is 22.6 Å². The maximum atomic E-state index is 12.3. The molecule has 5 nitrogen and oxygen atoms in total. The third kappa shape index (κ3) is 2.68. The predicted molar refractivity (Wildman–Crippen MR) is 80.2 cm³/mol. The first-order valence-corrected chi connectivity index (χ1v) is 8.69. The van der Waals surface area contributed by atoms with Crippen LogP contribution in [0.1, 0.15) is 28.1 Å². The number of nitrogens with one attached hydrogen (secondary N) is 1. The van der Waals surface area contributed by atoms with Crippen molar-refractivity contribution in [3.63, 3.8) is 0 Å². The second kappa shape index (κ2) is 4.87. The van der Waals surface area contributed by atoms with E-state index >= 15 is 0 Å². The van der Waals surface area contributed by atoms with Crippen LogP contribution in [-0.2, 0) is 9.84 Å². The number of furan rings is 1. The van der Waals surface area contributed by atoms with Crippen molar-refractivity contribution in [1.29, 1.82) is 0 Å². The van der Waals surface area contributed by atoms with Gasteiger partial charge in [0.05, 0.1) is 11.5 Å². The highest BCUT2D eigenvalue weighted by molar-refractivity contribution is 7.91. The van der Waals surface area contributed by atoms with Crippen molar-refractivity contribution in [2.75, 3.05) is 11.5 Å². The zero-order valence-electron chi connectivity index (χ0n) is 12.0. The summed E-state index contributed by atoms with van der Waals surface area (Å²) in [7, 11) is -3.01. The Labute approximate surface area is 123 Å². The fourth-order valence-electron chi connectivity index (χ4n) is 2.71. The van der Waals surface area contributed by atoms with Crippen LogP contribution in [0.5, 0.6) is 0 Å². The summed E-state index contributed by atoms with van der Waals surface area (Å²) in [4.78, 5) is 12.3. The van der Waals surface area contributed by atoms with Gasteiger partial charge >= 0.3 is 0 Å². The van der Waals surface area contributed by atoms with Gasteiger partial charge in [0.1, 0.15) is 5.58 Å². The van der Waals surface area contributed by atoms with Gasteiger partial charge in [0.25, 0.3) is 5.91 Å². The zero-order valence-corrected chi connectivity index (χ0v) is 12.8. The molecule has 2 heterocycles. The summed E-state index contributed by atoms with van der Waals surface area (Å²) in [6.07, 6.45) is 0.465. The SMILES string of the molecule is Cc1ccc2oc(C(=O)N[C@H]3CCS(=O)(=O)C3)c(C)c2c1. The third-order valence-electron chi connectivity index (χ3n) is 3.87. The van der Waals surface area contributed by atoms with Gasteiger partial charge in [0.2, 0.25) is 0 Å². The quantitative estimate of drug-likeness (QED) is 0.920. The highest BCUT2D eigenvalue weighted by atomic mass is 32.2. The summed E-state index contributed by atoms with van der Waals surface area (Å²) < 4.78 is 28.5. The van der Waals surface area contributed by atoms with Gasteiger partial charge in [-0.2, -0.15) is 0 Å². The molecule has 0 radical (unpaired) electrons. The number of carbonyl (C=O) groups is 1. The first-order chi connectivity index (χ1) is 9.85. The van der Waals surface area contributed by atoms with Crippen LogP contribution in [-0.4, -0.2) is 31.9 Å². The Kier molecular flexibility index (Phi) is 3.28. The fraction of sp³-hybridized carbons (Fsp3) is 0.400. The van der Waals surface area contributed by atoms with E-state index < -0.39 is 9.84 Å². The molecular formula is C15H17NO4S. The van der Waals surface area contributed by atoms with E-state index in [-0.39, 0.29) is 29.2 Å². The van der Waals surface area contributed by atoms with Gasteiger partial charge in [-0.05, 0) is 32.4 Å². The molecule has 21 heavy (non-hydrogen) atoms. The Morgan fingerprint density at radius 3 is 2.76 bits per heavy atom. The lowest BCUT2D eigenvalue weighted by Crippen LogP contribution is -2.35. The number of benzene rings is 1. The highest BCUT2D eigenvalue weighted by Crippen LogP contribution is 2.26. The first-order valence-electron chi connectivity index (χ1n) is 6.87. The molecule has 1 amide bonds. The van der Waals surface area contributed by atoms with Crippen LogP contribution in [0.2, 0.25) is 0 Å². The van der Waals surface area contributed by atoms with Gasteiger partial charge in [-0.1, -0.05) is 11.6 Å². The average Bonchev–Trinajstić information content (AvgIpc) is 2.90. The monoisotopic (exact) mass is 307 g/mol. The van der Waals surface area contributed by atoms with Gasteiger partial charge in [-0.3, -0.25) is 4.79 Å². The number of rotatable bonds is 2. The second-order valence-corrected chi connectivity index (χ2v) is 7.86. The molecule has 1 saturated heterocycles. The molecule has 0 spiro atoms. The van der Waals surface area contributed by atoms with Crippen molar-refractivity contribution < 1.29 is 17.6 Å². The van der Waals surface area contributed by atoms with Crippen LogP contribution in [0.25, 0.3) is 11.0 Å². The largest absolute Gasteiger partial charge is 0.451 e. The lowest BCUT2D eigenvalue weighted by atomic mass is 10.1. The van der Waals surface area contributed by atoms with Gasteiger partial charge in [-0.15, -0.1) is 0 Å². The summed E-state index contributed by atoms with van der Waals surface area (Å²) in [5.74, 6) is 0.0660. The summed E-state index contributed by atoms with van der Waals surface area (Å²) in [6, 6.07) is 5.42. The minimum Gasteiger partial charge on any atom is -0.451 e. The minimum atomic E-state index is -3.01. The van der Waals surface area contributed by atoms with Crippen molar-refractivity contribution in [2.45, 2.75) is 26.3 Å². The number of fused-ring (bicyclic) bond motifs is 1. The van der Waals surface area contributed by atoms with Crippen LogP contribution < -0.4 is 5.32 Å². The molecule has 1 aromatic heterocycles. The smallest absolute Gasteiger partial charge is 0.287 e. The molecular weight excluding hydrogens is 290 g/mol. The maximum absolute atomic E-state index is 12.3. The Balaban J connectivity index is 1.87. The molecule has 6 heteroatoms. The topological polar surface area (TPSA) is 76.4 Å². The predicted octanol–water partition coefficient (Wildman–Crippen LogP) is 1.97. The van der Waals surface area contributed by atoms with Gasteiger partial charge in [-0.25, -0.2) is 8.42 Å². The van der Waals surface area contributed by atoms with Crippen molar-refractivity contribution in [3.05, 3.63) is 35.1 Å². The second-order valence-electron chi connectivity index (χ2n) is 5.63. The van der Waals surface area contributed by atoms with E-state index in [9.17, 15) is 13.2 Å². The maximum Gasteiger partial charge on any atom is 0.287 e. The van der Waals surface area contributed by atoms with Crippen molar-refractivity contribution in [3.8, 4) is 0 Å². The summed E-state index contributed by atoms with van der Waals surface area (Å²) in [5.41, 5.74) is 2.55. The zero-order chi connectivity index (χ0) is 15.2. The van der Waals surface area contributed by atoms with E-state index in [1.807, 2.05) is 32.0 Å². The molecule has 3 rings (SSSR count). The Bertz CT molecular complexity index is 820. The van der Waals surface area contributed by atoms with E-state index in [4.69, 9.17) is 4.42 Å². The van der Waals surface area contributed by atoms with Crippen LogP contribution >= 0.6 is 0 Å². The van der Waals surface area contributed by atoms with E-state index in [1.54, 1.807) is 0 Å². The normalized spacial score (nSPS) is 20.8. The van der Waals surface area contributed by atoms with Crippen molar-refractivity contribution in [2.24, 2.45) is 0 Å². The number of sulfone groups is 1. The average molecular weight is 307 g/mol. The summed E-state index contributed by atoms with van der Waals surface area (Å²) in [6.45, 7) is 3.82.